The molecule has 15 heavy (non-hydrogen) atoms. The smallest absolute Gasteiger partial charge is 0.126 e. The second-order valence-corrected chi connectivity index (χ2v) is 3.58. The van der Waals surface area contributed by atoms with Crippen LogP contribution >= 0.6 is 0 Å². The lowest BCUT2D eigenvalue weighted by Gasteiger charge is -2.41. The number of nitrogens with two attached hydrogens (primary N) is 2. The van der Waals surface area contributed by atoms with Crippen LogP contribution in [0.15, 0.2) is 0 Å². The molecule has 1 heterocycles. The Morgan fingerprint density at radius 1 is 1.27 bits per heavy atom. The Morgan fingerprint density at radius 2 is 1.93 bits per heavy atom. The maximum atomic E-state index is 9.58. The second-order valence-electron chi connectivity index (χ2n) is 3.58. The molecule has 0 aromatic carbocycles. The number of nitrogens with one attached hydrogen (secondary N) is 1. The van der Waals surface area contributed by atoms with Gasteiger partial charge in [0.25, 0.3) is 0 Å². The van der Waals surface area contributed by atoms with E-state index in [0.717, 1.165) is 0 Å². The number of hydrogen-bond acceptors (Lipinski definition) is 7. The first-order chi connectivity index (χ1) is 7.11. The van der Waals surface area contributed by atoms with Crippen molar-refractivity contribution in [3.8, 4) is 0 Å². The van der Waals surface area contributed by atoms with Crippen molar-refractivity contribution in [3.63, 3.8) is 0 Å². The normalized spacial score (nSPS) is 41.8. The van der Waals surface area contributed by atoms with Gasteiger partial charge in [0.05, 0.1) is 12.6 Å². The summed E-state index contributed by atoms with van der Waals surface area (Å²) in [5.74, 6) is 0. The van der Waals surface area contributed by atoms with E-state index in [0.29, 0.717) is 13.1 Å². The summed E-state index contributed by atoms with van der Waals surface area (Å²) in [5, 5.41) is 30.9. The number of aliphatic hydroxyl groups is 3. The summed E-state index contributed by atoms with van der Waals surface area (Å²) < 4.78 is 5.28. The average Bonchev–Trinajstić information content (AvgIpc) is 2.25. The summed E-state index contributed by atoms with van der Waals surface area (Å²) in [6.07, 6.45) is -3.72. The lowest BCUT2D eigenvalue weighted by Crippen LogP contribution is -2.65. The molecule has 0 saturated carbocycles. The molecule has 7 heteroatoms. The van der Waals surface area contributed by atoms with E-state index in [1.807, 2.05) is 0 Å². The summed E-state index contributed by atoms with van der Waals surface area (Å²) >= 11 is 0. The summed E-state index contributed by atoms with van der Waals surface area (Å²) in [5.41, 5.74) is 11.0. The van der Waals surface area contributed by atoms with Gasteiger partial charge in [-0.1, -0.05) is 0 Å². The van der Waals surface area contributed by atoms with E-state index >= 15 is 0 Å². The molecule has 8 N–H and O–H groups in total. The average molecular weight is 221 g/mol. The van der Waals surface area contributed by atoms with Crippen LogP contribution < -0.4 is 16.8 Å². The van der Waals surface area contributed by atoms with E-state index in [1.165, 1.54) is 0 Å². The van der Waals surface area contributed by atoms with Crippen molar-refractivity contribution in [1.29, 1.82) is 0 Å². The van der Waals surface area contributed by atoms with Gasteiger partial charge in [-0.05, 0) is 0 Å². The predicted octanol–water partition coefficient (Wildman–Crippen LogP) is -3.70. The summed E-state index contributed by atoms with van der Waals surface area (Å²) in [6, 6.07) is -0.741. The van der Waals surface area contributed by atoms with Gasteiger partial charge >= 0.3 is 0 Å². The Labute approximate surface area is 88.0 Å². The van der Waals surface area contributed by atoms with E-state index < -0.39 is 30.6 Å². The third-order valence-corrected chi connectivity index (χ3v) is 2.47. The highest BCUT2D eigenvalue weighted by Gasteiger charge is 2.41. The molecule has 0 aliphatic carbocycles. The Bertz CT molecular complexity index is 193. The molecule has 7 nitrogen and oxygen atoms in total. The van der Waals surface area contributed by atoms with E-state index in [9.17, 15) is 10.2 Å². The molecule has 0 amide bonds. The van der Waals surface area contributed by atoms with E-state index in [2.05, 4.69) is 5.32 Å². The van der Waals surface area contributed by atoms with Gasteiger partial charge in [0, 0.05) is 13.1 Å². The molecule has 0 aromatic rings. The van der Waals surface area contributed by atoms with Gasteiger partial charge in [0.1, 0.15) is 24.5 Å². The molecular weight excluding hydrogens is 202 g/mol. The van der Waals surface area contributed by atoms with Crippen LogP contribution in [0.4, 0.5) is 0 Å². The first kappa shape index (κ1) is 12.8. The molecule has 0 radical (unpaired) electrons. The first-order valence-electron chi connectivity index (χ1n) is 4.93. The molecule has 5 unspecified atom stereocenters. The zero-order valence-electron chi connectivity index (χ0n) is 8.41. The van der Waals surface area contributed by atoms with Gasteiger partial charge in [-0.3, -0.25) is 5.32 Å². The van der Waals surface area contributed by atoms with Crippen LogP contribution in [0.2, 0.25) is 0 Å². The summed E-state index contributed by atoms with van der Waals surface area (Å²) in [4.78, 5) is 0. The van der Waals surface area contributed by atoms with Crippen molar-refractivity contribution >= 4 is 0 Å². The zero-order chi connectivity index (χ0) is 11.4. The van der Waals surface area contributed by atoms with Crippen LogP contribution in [0.25, 0.3) is 0 Å². The fraction of sp³-hybridized carbons (Fsp3) is 1.00. The maximum absolute atomic E-state index is 9.58. The minimum absolute atomic E-state index is 0.369. The minimum Gasteiger partial charge on any atom is -0.394 e. The van der Waals surface area contributed by atoms with Gasteiger partial charge in [-0.15, -0.1) is 0 Å². The topological polar surface area (TPSA) is 134 Å². The van der Waals surface area contributed by atoms with Crippen LogP contribution in [-0.4, -0.2) is 65.6 Å². The number of rotatable bonds is 4. The zero-order valence-corrected chi connectivity index (χ0v) is 8.41. The van der Waals surface area contributed by atoms with Crippen molar-refractivity contribution in [2.45, 2.75) is 30.6 Å². The fourth-order valence-corrected chi connectivity index (χ4v) is 1.55. The SMILES string of the molecule is NCCNC1OC(CO)C(O)C(O)C1N. The van der Waals surface area contributed by atoms with Crippen LogP contribution in [0.3, 0.4) is 0 Å². The molecular formula is C8H19N3O4. The highest BCUT2D eigenvalue weighted by atomic mass is 16.5. The monoisotopic (exact) mass is 221 g/mol. The number of ether oxygens (including phenoxy) is 1. The Kier molecular flexibility index (Phi) is 4.87. The second kappa shape index (κ2) is 5.71. The molecule has 1 saturated heterocycles. The Hall–Kier alpha value is -0.280. The van der Waals surface area contributed by atoms with Crippen LogP contribution in [0, 0.1) is 0 Å². The molecule has 90 valence electrons. The van der Waals surface area contributed by atoms with Crippen molar-refractivity contribution in [3.05, 3.63) is 0 Å². The van der Waals surface area contributed by atoms with Crippen molar-refractivity contribution in [2.75, 3.05) is 19.7 Å². The Morgan fingerprint density at radius 3 is 2.47 bits per heavy atom. The predicted molar refractivity (Wildman–Crippen MR) is 52.8 cm³/mol. The first-order valence-corrected chi connectivity index (χ1v) is 4.93. The highest BCUT2D eigenvalue weighted by Crippen LogP contribution is 2.17. The lowest BCUT2D eigenvalue weighted by molar-refractivity contribution is -0.196. The van der Waals surface area contributed by atoms with Gasteiger partial charge in [-0.25, -0.2) is 0 Å². The van der Waals surface area contributed by atoms with E-state index in [4.69, 9.17) is 21.3 Å². The van der Waals surface area contributed by atoms with Gasteiger partial charge in [0.15, 0.2) is 0 Å². The van der Waals surface area contributed by atoms with E-state index in [1.54, 1.807) is 0 Å². The van der Waals surface area contributed by atoms with E-state index in [-0.39, 0.29) is 6.61 Å². The largest absolute Gasteiger partial charge is 0.394 e. The van der Waals surface area contributed by atoms with Crippen molar-refractivity contribution in [1.82, 2.24) is 5.32 Å². The van der Waals surface area contributed by atoms with Crippen LogP contribution in [0.5, 0.6) is 0 Å². The summed E-state index contributed by atoms with van der Waals surface area (Å²) in [7, 11) is 0. The Balaban J connectivity index is 2.57. The van der Waals surface area contributed by atoms with Crippen LogP contribution in [-0.2, 0) is 4.74 Å². The highest BCUT2D eigenvalue weighted by molar-refractivity contribution is 4.93. The van der Waals surface area contributed by atoms with Crippen molar-refractivity contribution in [2.24, 2.45) is 11.5 Å². The molecule has 0 aromatic heterocycles. The third kappa shape index (κ3) is 2.85. The van der Waals surface area contributed by atoms with Crippen LogP contribution in [0.1, 0.15) is 0 Å². The number of hydrogen-bond donors (Lipinski definition) is 6. The minimum atomic E-state index is -1.17. The molecule has 1 rings (SSSR count). The third-order valence-electron chi connectivity index (χ3n) is 2.47. The molecule has 5 atom stereocenters. The van der Waals surface area contributed by atoms with Gasteiger partial charge < -0.3 is 31.5 Å². The molecule has 0 spiro atoms. The molecule has 1 aliphatic rings. The summed E-state index contributed by atoms with van der Waals surface area (Å²) in [6.45, 7) is 0.528. The quantitative estimate of drug-likeness (QED) is 0.288. The standard InChI is InChI=1S/C8H19N3O4/c9-1-2-11-8-5(10)7(14)6(13)4(3-12)15-8/h4-8,11-14H,1-3,9-10H2. The number of aliphatic hydroxyl groups excluding tert-OH is 3. The lowest BCUT2D eigenvalue weighted by atomic mass is 9.97. The van der Waals surface area contributed by atoms with Gasteiger partial charge in [-0.2, -0.15) is 0 Å². The van der Waals surface area contributed by atoms with Crippen molar-refractivity contribution < 1.29 is 20.1 Å². The maximum Gasteiger partial charge on any atom is 0.126 e. The van der Waals surface area contributed by atoms with Gasteiger partial charge in [0.2, 0.25) is 0 Å². The molecule has 0 bridgehead atoms. The molecule has 1 fully saturated rings. The fourth-order valence-electron chi connectivity index (χ4n) is 1.55. The molecule has 1 aliphatic heterocycles.